The SMILES string of the molecule is CC(=O)c1ccc(NC(=O)CSc2ccc(NC(=S)Nc3ccccc3)cc2)cc1. The number of Topliss-reactive ketones (excluding diaryl/α,β-unsaturated/α-hetero) is 1. The second-order valence-electron chi connectivity index (χ2n) is 6.44. The fraction of sp³-hybridized carbons (Fsp3) is 0.0870. The van der Waals surface area contributed by atoms with Gasteiger partial charge in [-0.15, -0.1) is 11.8 Å². The van der Waals surface area contributed by atoms with Gasteiger partial charge < -0.3 is 16.0 Å². The maximum Gasteiger partial charge on any atom is 0.234 e. The highest BCUT2D eigenvalue weighted by atomic mass is 32.2. The van der Waals surface area contributed by atoms with Gasteiger partial charge in [0.25, 0.3) is 0 Å². The Morgan fingerprint density at radius 1 is 0.767 bits per heavy atom. The lowest BCUT2D eigenvalue weighted by molar-refractivity contribution is -0.113. The van der Waals surface area contributed by atoms with Crippen molar-refractivity contribution in [1.82, 2.24) is 0 Å². The molecule has 0 aliphatic heterocycles. The smallest absolute Gasteiger partial charge is 0.234 e. The maximum absolute atomic E-state index is 12.2. The Kier molecular flexibility index (Phi) is 7.59. The summed E-state index contributed by atoms with van der Waals surface area (Å²) in [5.41, 5.74) is 3.08. The van der Waals surface area contributed by atoms with Gasteiger partial charge in [0.05, 0.1) is 5.75 Å². The molecule has 3 aromatic carbocycles. The van der Waals surface area contributed by atoms with E-state index in [0.717, 1.165) is 16.3 Å². The van der Waals surface area contributed by atoms with E-state index in [1.54, 1.807) is 24.3 Å². The molecule has 3 rings (SSSR count). The van der Waals surface area contributed by atoms with Crippen LogP contribution in [0.4, 0.5) is 17.1 Å². The van der Waals surface area contributed by atoms with E-state index in [1.807, 2.05) is 54.6 Å². The van der Waals surface area contributed by atoms with Gasteiger partial charge in [-0.3, -0.25) is 9.59 Å². The normalized spacial score (nSPS) is 10.2. The van der Waals surface area contributed by atoms with Crippen LogP contribution in [-0.2, 0) is 4.79 Å². The van der Waals surface area contributed by atoms with Crippen molar-refractivity contribution < 1.29 is 9.59 Å². The summed E-state index contributed by atoms with van der Waals surface area (Å²) in [5.74, 6) is 0.180. The number of benzene rings is 3. The van der Waals surface area contributed by atoms with Crippen LogP contribution in [0.15, 0.2) is 83.8 Å². The van der Waals surface area contributed by atoms with Crippen molar-refractivity contribution >= 4 is 57.8 Å². The van der Waals surface area contributed by atoms with Crippen molar-refractivity contribution in [3.63, 3.8) is 0 Å². The fourth-order valence-electron chi connectivity index (χ4n) is 2.58. The molecular weight excluding hydrogens is 414 g/mol. The first kappa shape index (κ1) is 21.5. The average molecular weight is 436 g/mol. The minimum absolute atomic E-state index is 0.00187. The first-order valence-corrected chi connectivity index (χ1v) is 10.7. The van der Waals surface area contributed by atoms with Gasteiger partial charge in [-0.05, 0) is 79.8 Å². The summed E-state index contributed by atoms with van der Waals surface area (Å²) < 4.78 is 0. The predicted octanol–water partition coefficient (Wildman–Crippen LogP) is 5.43. The van der Waals surface area contributed by atoms with Crippen LogP contribution in [0.3, 0.4) is 0 Å². The minimum Gasteiger partial charge on any atom is -0.332 e. The summed E-state index contributed by atoms with van der Waals surface area (Å²) >= 11 is 6.77. The molecule has 0 bridgehead atoms. The van der Waals surface area contributed by atoms with Crippen molar-refractivity contribution in [3.8, 4) is 0 Å². The van der Waals surface area contributed by atoms with Gasteiger partial charge in [-0.25, -0.2) is 0 Å². The van der Waals surface area contributed by atoms with Crippen LogP contribution in [0.25, 0.3) is 0 Å². The molecule has 0 aliphatic rings. The second kappa shape index (κ2) is 10.6. The zero-order valence-corrected chi connectivity index (χ0v) is 18.0. The Hall–Kier alpha value is -3.16. The molecule has 0 saturated carbocycles. The quantitative estimate of drug-likeness (QED) is 0.261. The van der Waals surface area contributed by atoms with Crippen LogP contribution in [-0.4, -0.2) is 22.6 Å². The number of rotatable bonds is 7. The number of amides is 1. The molecule has 3 N–H and O–H groups in total. The number of anilines is 3. The fourth-order valence-corrected chi connectivity index (χ4v) is 3.52. The summed E-state index contributed by atoms with van der Waals surface area (Å²) in [7, 11) is 0. The lowest BCUT2D eigenvalue weighted by atomic mass is 10.1. The number of carbonyl (C=O) groups excluding carboxylic acids is 2. The number of thiocarbonyl (C=S) groups is 1. The van der Waals surface area contributed by atoms with Crippen LogP contribution >= 0.6 is 24.0 Å². The van der Waals surface area contributed by atoms with Gasteiger partial charge in [0.2, 0.25) is 5.91 Å². The van der Waals surface area contributed by atoms with Crippen LogP contribution in [0, 0.1) is 0 Å². The van der Waals surface area contributed by atoms with Gasteiger partial charge in [-0.2, -0.15) is 0 Å². The number of carbonyl (C=O) groups is 2. The number of para-hydroxylation sites is 1. The molecule has 0 saturated heterocycles. The molecule has 0 unspecified atom stereocenters. The number of thioether (sulfide) groups is 1. The molecular formula is C23H21N3O2S2. The van der Waals surface area contributed by atoms with Gasteiger partial charge in [0, 0.05) is 27.5 Å². The Labute approximate surface area is 185 Å². The molecule has 0 aliphatic carbocycles. The van der Waals surface area contributed by atoms with Crippen molar-refractivity contribution in [1.29, 1.82) is 0 Å². The van der Waals surface area contributed by atoms with Gasteiger partial charge in [-0.1, -0.05) is 18.2 Å². The molecule has 5 nitrogen and oxygen atoms in total. The summed E-state index contributed by atoms with van der Waals surface area (Å²) in [4.78, 5) is 24.4. The van der Waals surface area contributed by atoms with E-state index in [-0.39, 0.29) is 17.4 Å². The third kappa shape index (κ3) is 6.72. The summed E-state index contributed by atoms with van der Waals surface area (Å²) in [6.07, 6.45) is 0. The van der Waals surface area contributed by atoms with Gasteiger partial charge in [0.1, 0.15) is 0 Å². The molecule has 3 aromatic rings. The van der Waals surface area contributed by atoms with Crippen LogP contribution in [0.1, 0.15) is 17.3 Å². The van der Waals surface area contributed by atoms with Crippen molar-refractivity contribution in [2.75, 3.05) is 21.7 Å². The lowest BCUT2D eigenvalue weighted by Crippen LogP contribution is -2.18. The number of nitrogens with one attached hydrogen (secondary N) is 3. The average Bonchev–Trinajstić information content (AvgIpc) is 2.74. The minimum atomic E-state index is -0.106. The zero-order chi connectivity index (χ0) is 21.3. The van der Waals surface area contributed by atoms with E-state index in [1.165, 1.54) is 18.7 Å². The first-order chi connectivity index (χ1) is 14.5. The Morgan fingerprint density at radius 2 is 1.30 bits per heavy atom. The maximum atomic E-state index is 12.2. The number of ketones is 1. The van der Waals surface area contributed by atoms with E-state index < -0.39 is 0 Å². The molecule has 0 fully saturated rings. The third-order valence-electron chi connectivity index (χ3n) is 4.09. The highest BCUT2D eigenvalue weighted by Crippen LogP contribution is 2.21. The molecule has 0 aromatic heterocycles. The highest BCUT2D eigenvalue weighted by molar-refractivity contribution is 8.00. The Balaban J connectivity index is 1.45. The molecule has 0 atom stereocenters. The van der Waals surface area contributed by atoms with Gasteiger partial charge in [0.15, 0.2) is 10.9 Å². The number of hydrogen-bond acceptors (Lipinski definition) is 4. The molecule has 30 heavy (non-hydrogen) atoms. The van der Waals surface area contributed by atoms with E-state index in [4.69, 9.17) is 12.2 Å². The Bertz CT molecular complexity index is 1020. The summed E-state index contributed by atoms with van der Waals surface area (Å²) in [6, 6.07) is 24.3. The largest absolute Gasteiger partial charge is 0.332 e. The van der Waals surface area contributed by atoms with Crippen molar-refractivity contribution in [2.24, 2.45) is 0 Å². The third-order valence-corrected chi connectivity index (χ3v) is 5.31. The van der Waals surface area contributed by atoms with Crippen molar-refractivity contribution in [3.05, 3.63) is 84.4 Å². The van der Waals surface area contributed by atoms with E-state index in [9.17, 15) is 9.59 Å². The van der Waals surface area contributed by atoms with E-state index >= 15 is 0 Å². The van der Waals surface area contributed by atoms with Crippen LogP contribution in [0.5, 0.6) is 0 Å². The predicted molar refractivity (Wildman–Crippen MR) is 129 cm³/mol. The standard InChI is InChI=1S/C23H21N3O2S2/c1-16(27)17-7-9-19(10-8-17)24-22(28)15-30-21-13-11-20(12-14-21)26-23(29)25-18-5-3-2-4-6-18/h2-14H,15H2,1H3,(H,24,28)(H2,25,26,29). The van der Waals surface area contributed by atoms with Crippen LogP contribution in [0.2, 0.25) is 0 Å². The zero-order valence-electron chi connectivity index (χ0n) is 16.3. The molecule has 1 amide bonds. The topological polar surface area (TPSA) is 70.2 Å². The van der Waals surface area contributed by atoms with Crippen molar-refractivity contribution in [2.45, 2.75) is 11.8 Å². The summed E-state index contributed by atoms with van der Waals surface area (Å²) in [5, 5.41) is 9.60. The molecule has 0 radical (unpaired) electrons. The van der Waals surface area contributed by atoms with E-state index in [0.29, 0.717) is 16.4 Å². The molecule has 0 spiro atoms. The van der Waals surface area contributed by atoms with Crippen LogP contribution < -0.4 is 16.0 Å². The Morgan fingerprint density at radius 3 is 1.90 bits per heavy atom. The lowest BCUT2D eigenvalue weighted by Gasteiger charge is -2.11. The van der Waals surface area contributed by atoms with Gasteiger partial charge >= 0.3 is 0 Å². The number of hydrogen-bond donors (Lipinski definition) is 3. The first-order valence-electron chi connectivity index (χ1n) is 9.26. The monoisotopic (exact) mass is 435 g/mol. The van der Waals surface area contributed by atoms with E-state index in [2.05, 4.69) is 16.0 Å². The molecule has 7 heteroatoms. The second-order valence-corrected chi connectivity index (χ2v) is 7.90. The molecule has 152 valence electrons. The molecule has 0 heterocycles. The summed E-state index contributed by atoms with van der Waals surface area (Å²) in [6.45, 7) is 1.51. The highest BCUT2D eigenvalue weighted by Gasteiger charge is 2.06.